The molecule has 1 heterocycles. The van der Waals surface area contributed by atoms with Crippen LogP contribution < -0.4 is 19.5 Å². The van der Waals surface area contributed by atoms with Gasteiger partial charge in [-0.15, -0.1) is 0 Å². The highest BCUT2D eigenvalue weighted by molar-refractivity contribution is 8.18. The van der Waals surface area contributed by atoms with Crippen LogP contribution in [0.15, 0.2) is 35.2 Å². The lowest BCUT2D eigenvalue weighted by Crippen LogP contribution is -2.17. The van der Waals surface area contributed by atoms with Crippen LogP contribution in [0.2, 0.25) is 5.02 Å². The van der Waals surface area contributed by atoms with Crippen molar-refractivity contribution in [3.63, 3.8) is 0 Å². The number of benzene rings is 2. The fourth-order valence-corrected chi connectivity index (χ4v) is 3.86. The van der Waals surface area contributed by atoms with Crippen LogP contribution in [-0.2, 0) is 4.79 Å². The molecule has 6 nitrogen and oxygen atoms in total. The minimum atomic E-state index is -0.428. The summed E-state index contributed by atoms with van der Waals surface area (Å²) in [6.07, 6.45) is 1.59. The summed E-state index contributed by atoms with van der Waals surface area (Å²) in [4.78, 5) is 23.4. The van der Waals surface area contributed by atoms with Gasteiger partial charge in [0.05, 0.1) is 16.5 Å². The average molecular weight is 448 g/mol. The van der Waals surface area contributed by atoms with Gasteiger partial charge in [0.2, 0.25) is 0 Å². The normalized spacial score (nSPS) is 14.7. The summed E-state index contributed by atoms with van der Waals surface area (Å²) in [6.45, 7) is 6.92. The second-order valence-electron chi connectivity index (χ2n) is 6.58. The number of ether oxygens (including phenoxy) is 3. The van der Waals surface area contributed by atoms with Gasteiger partial charge in [-0.05, 0) is 67.9 Å². The molecule has 1 aliphatic rings. The van der Waals surface area contributed by atoms with Gasteiger partial charge in [0, 0.05) is 0 Å². The third kappa shape index (κ3) is 5.49. The first-order valence-electron chi connectivity index (χ1n) is 9.41. The molecule has 1 fully saturated rings. The number of imide groups is 1. The summed E-state index contributed by atoms with van der Waals surface area (Å²) in [5.74, 6) is 1.25. The minimum Gasteiger partial charge on any atom is -0.490 e. The second-order valence-corrected chi connectivity index (χ2v) is 8.00. The van der Waals surface area contributed by atoms with E-state index in [1.807, 2.05) is 32.9 Å². The number of hydrogen-bond acceptors (Lipinski definition) is 6. The molecule has 1 N–H and O–H groups in total. The third-order valence-electron chi connectivity index (χ3n) is 4.19. The number of carbonyl (C=O) groups excluding carboxylic acids is 2. The van der Waals surface area contributed by atoms with Crippen molar-refractivity contribution in [2.45, 2.75) is 20.8 Å². The van der Waals surface area contributed by atoms with Gasteiger partial charge in [-0.2, -0.15) is 0 Å². The van der Waals surface area contributed by atoms with Gasteiger partial charge >= 0.3 is 0 Å². The van der Waals surface area contributed by atoms with Gasteiger partial charge in [0.1, 0.15) is 19.0 Å². The zero-order chi connectivity index (χ0) is 21.7. The summed E-state index contributed by atoms with van der Waals surface area (Å²) >= 11 is 7.25. The molecule has 1 saturated heterocycles. The van der Waals surface area contributed by atoms with Crippen molar-refractivity contribution in [1.82, 2.24) is 5.32 Å². The minimum absolute atomic E-state index is 0.278. The van der Waals surface area contributed by atoms with Gasteiger partial charge in [-0.1, -0.05) is 29.3 Å². The number of thioether (sulfide) groups is 1. The number of carbonyl (C=O) groups is 2. The Hall–Kier alpha value is -2.64. The van der Waals surface area contributed by atoms with Crippen molar-refractivity contribution in [2.75, 3.05) is 19.8 Å². The summed E-state index contributed by atoms with van der Waals surface area (Å²) < 4.78 is 17.3. The number of hydrogen-bond donors (Lipinski definition) is 1. The predicted molar refractivity (Wildman–Crippen MR) is 119 cm³/mol. The molecule has 8 heteroatoms. The average Bonchev–Trinajstić information content (AvgIpc) is 2.99. The summed E-state index contributed by atoms with van der Waals surface area (Å²) in [6, 6.07) is 9.38. The van der Waals surface area contributed by atoms with Crippen molar-refractivity contribution in [2.24, 2.45) is 0 Å². The van der Waals surface area contributed by atoms with E-state index in [-0.39, 0.29) is 6.61 Å². The highest BCUT2D eigenvalue weighted by atomic mass is 35.5. The topological polar surface area (TPSA) is 73.9 Å². The molecule has 0 radical (unpaired) electrons. The Morgan fingerprint density at radius 3 is 2.47 bits per heavy atom. The molecule has 0 aliphatic carbocycles. The van der Waals surface area contributed by atoms with Crippen LogP contribution in [-0.4, -0.2) is 31.0 Å². The number of rotatable bonds is 8. The van der Waals surface area contributed by atoms with Gasteiger partial charge in [0.15, 0.2) is 11.5 Å². The monoisotopic (exact) mass is 447 g/mol. The molecule has 2 aromatic rings. The van der Waals surface area contributed by atoms with E-state index in [1.54, 1.807) is 18.2 Å². The van der Waals surface area contributed by atoms with E-state index in [0.717, 1.165) is 23.1 Å². The van der Waals surface area contributed by atoms with Crippen LogP contribution in [0.3, 0.4) is 0 Å². The highest BCUT2D eigenvalue weighted by Gasteiger charge is 2.25. The Morgan fingerprint density at radius 2 is 1.80 bits per heavy atom. The Labute approximate surface area is 184 Å². The SMILES string of the molecule is CCOc1cc(/C=C2\SC(=O)NC2=O)cc(Cl)c1OCCOc1ccc(C)cc1C. The first-order valence-corrected chi connectivity index (χ1v) is 10.6. The van der Waals surface area contributed by atoms with Crippen molar-refractivity contribution >= 4 is 40.6 Å². The highest BCUT2D eigenvalue weighted by Crippen LogP contribution is 2.38. The zero-order valence-electron chi connectivity index (χ0n) is 16.9. The maximum Gasteiger partial charge on any atom is 0.290 e. The van der Waals surface area contributed by atoms with Crippen LogP contribution in [0, 0.1) is 13.8 Å². The number of halogens is 1. The molecule has 1 aliphatic heterocycles. The summed E-state index contributed by atoms with van der Waals surface area (Å²) in [5.41, 5.74) is 2.87. The van der Waals surface area contributed by atoms with E-state index in [2.05, 4.69) is 11.4 Å². The molecular formula is C22H22ClNO5S. The maximum absolute atomic E-state index is 11.8. The number of aryl methyl sites for hydroxylation is 2. The molecular weight excluding hydrogens is 426 g/mol. The molecule has 2 aromatic carbocycles. The lowest BCUT2D eigenvalue weighted by molar-refractivity contribution is -0.115. The second kappa shape index (κ2) is 9.91. The summed E-state index contributed by atoms with van der Waals surface area (Å²) in [7, 11) is 0. The molecule has 3 rings (SSSR count). The van der Waals surface area contributed by atoms with E-state index in [1.165, 1.54) is 5.56 Å². The fourth-order valence-electron chi connectivity index (χ4n) is 2.90. The van der Waals surface area contributed by atoms with Crippen LogP contribution in [0.25, 0.3) is 6.08 Å². The standard InChI is InChI=1S/C22H22ClNO5S/c1-4-27-18-11-15(12-19-21(25)24-22(26)30-19)10-16(23)20(18)29-8-7-28-17-6-5-13(2)9-14(17)3/h5-6,9-12H,4,7-8H2,1-3H3,(H,24,25,26)/b19-12-. The van der Waals surface area contributed by atoms with Crippen LogP contribution in [0.4, 0.5) is 4.79 Å². The molecule has 30 heavy (non-hydrogen) atoms. The van der Waals surface area contributed by atoms with E-state index >= 15 is 0 Å². The summed E-state index contributed by atoms with van der Waals surface area (Å²) in [5, 5.41) is 2.17. The molecule has 158 valence electrons. The molecule has 0 saturated carbocycles. The van der Waals surface area contributed by atoms with Crippen molar-refractivity contribution in [3.05, 3.63) is 56.9 Å². The van der Waals surface area contributed by atoms with E-state index in [0.29, 0.717) is 40.2 Å². The molecule has 0 unspecified atom stereocenters. The lowest BCUT2D eigenvalue weighted by atomic mass is 10.1. The van der Waals surface area contributed by atoms with E-state index < -0.39 is 11.1 Å². The maximum atomic E-state index is 11.8. The van der Waals surface area contributed by atoms with Gasteiger partial charge in [-0.3, -0.25) is 14.9 Å². The Morgan fingerprint density at radius 1 is 1.03 bits per heavy atom. The van der Waals surface area contributed by atoms with Gasteiger partial charge in [0.25, 0.3) is 11.1 Å². The first kappa shape index (κ1) is 22.1. The zero-order valence-corrected chi connectivity index (χ0v) is 18.5. The molecule has 0 spiro atoms. The molecule has 0 aromatic heterocycles. The first-order chi connectivity index (χ1) is 14.4. The van der Waals surface area contributed by atoms with Crippen LogP contribution in [0.5, 0.6) is 17.2 Å². The van der Waals surface area contributed by atoms with Gasteiger partial charge < -0.3 is 14.2 Å². The Bertz CT molecular complexity index is 1010. The fraction of sp³-hybridized carbons (Fsp3) is 0.273. The van der Waals surface area contributed by atoms with Gasteiger partial charge in [-0.25, -0.2) is 0 Å². The Kier molecular flexibility index (Phi) is 7.29. The van der Waals surface area contributed by atoms with Crippen molar-refractivity contribution in [3.8, 4) is 17.2 Å². The predicted octanol–water partition coefficient (Wildman–Crippen LogP) is 5.14. The van der Waals surface area contributed by atoms with E-state index in [4.69, 9.17) is 25.8 Å². The van der Waals surface area contributed by atoms with E-state index in [9.17, 15) is 9.59 Å². The largest absolute Gasteiger partial charge is 0.490 e. The lowest BCUT2D eigenvalue weighted by Gasteiger charge is -2.15. The smallest absolute Gasteiger partial charge is 0.290 e. The molecule has 0 bridgehead atoms. The third-order valence-corrected chi connectivity index (χ3v) is 5.28. The number of nitrogens with one attached hydrogen (secondary N) is 1. The number of amides is 2. The molecule has 2 amide bonds. The van der Waals surface area contributed by atoms with Crippen molar-refractivity contribution < 1.29 is 23.8 Å². The Balaban J connectivity index is 1.70. The van der Waals surface area contributed by atoms with Crippen LogP contribution in [0.1, 0.15) is 23.6 Å². The van der Waals surface area contributed by atoms with Crippen molar-refractivity contribution in [1.29, 1.82) is 0 Å². The quantitative estimate of drug-likeness (QED) is 0.446. The molecule has 0 atom stereocenters. The van der Waals surface area contributed by atoms with Crippen LogP contribution >= 0.6 is 23.4 Å².